The summed E-state index contributed by atoms with van der Waals surface area (Å²) < 4.78 is 27.7. The summed E-state index contributed by atoms with van der Waals surface area (Å²) in [5.74, 6) is -0.801. The lowest BCUT2D eigenvalue weighted by Gasteiger charge is -2.39. The molecule has 0 aliphatic carbocycles. The molecule has 2 heterocycles. The Bertz CT molecular complexity index is 1260. The number of rotatable bonds is 8. The van der Waals surface area contributed by atoms with Crippen LogP contribution in [0.2, 0.25) is 0 Å². The van der Waals surface area contributed by atoms with Gasteiger partial charge in [0.1, 0.15) is 0 Å². The Morgan fingerprint density at radius 3 is 1.64 bits per heavy atom. The molecule has 1 saturated heterocycles. The van der Waals surface area contributed by atoms with Crippen molar-refractivity contribution >= 4 is 21.8 Å². The van der Waals surface area contributed by atoms with E-state index < -0.39 is 10.0 Å². The summed E-state index contributed by atoms with van der Waals surface area (Å²) in [7, 11) is -3.50. The van der Waals surface area contributed by atoms with E-state index >= 15 is 0 Å². The molecule has 0 bridgehead atoms. The van der Waals surface area contributed by atoms with E-state index in [4.69, 9.17) is 0 Å². The van der Waals surface area contributed by atoms with Crippen LogP contribution in [0.25, 0.3) is 0 Å². The minimum Gasteiger partial charge on any atom is -0.290 e. The van der Waals surface area contributed by atoms with Crippen molar-refractivity contribution in [3.05, 3.63) is 107 Å². The van der Waals surface area contributed by atoms with Crippen LogP contribution in [-0.2, 0) is 10.0 Å². The first-order valence-corrected chi connectivity index (χ1v) is 13.8. The summed E-state index contributed by atoms with van der Waals surface area (Å²) in [5, 5.41) is 0. The highest BCUT2D eigenvalue weighted by Crippen LogP contribution is 2.30. The van der Waals surface area contributed by atoms with Crippen LogP contribution in [-0.4, -0.2) is 72.8 Å². The molecule has 3 aromatic carbocycles. The molecule has 0 unspecified atom stereocenters. The highest BCUT2D eigenvalue weighted by atomic mass is 32.2. The molecular weight excluding hydrogens is 474 g/mol. The summed E-state index contributed by atoms with van der Waals surface area (Å²) in [6.07, 6.45) is 0.213. The highest BCUT2D eigenvalue weighted by Gasteiger charge is 2.36. The van der Waals surface area contributed by atoms with Crippen molar-refractivity contribution in [2.75, 3.05) is 38.5 Å². The lowest BCUT2D eigenvalue weighted by atomic mass is 9.96. The zero-order valence-electron chi connectivity index (χ0n) is 20.0. The SMILES string of the molecule is O=C1c2ccccc2C(=O)N1CCCS(=O)(=O)N1CCN(C(c2ccccc2)c2ccccc2)CC1. The monoisotopic (exact) mass is 503 g/mol. The molecule has 186 valence electrons. The van der Waals surface area contributed by atoms with Gasteiger partial charge in [-0.1, -0.05) is 72.8 Å². The first kappa shape index (κ1) is 24.4. The van der Waals surface area contributed by atoms with Gasteiger partial charge in [0.15, 0.2) is 0 Å². The second-order valence-electron chi connectivity index (χ2n) is 9.14. The summed E-state index contributed by atoms with van der Waals surface area (Å²) in [5.41, 5.74) is 3.13. The summed E-state index contributed by atoms with van der Waals surface area (Å²) in [6.45, 7) is 2.14. The Kier molecular flexibility index (Phi) is 7.00. The van der Waals surface area contributed by atoms with Gasteiger partial charge in [0.25, 0.3) is 11.8 Å². The second kappa shape index (κ2) is 10.3. The smallest absolute Gasteiger partial charge is 0.261 e. The average molecular weight is 504 g/mol. The number of nitrogens with zero attached hydrogens (tertiary/aromatic N) is 3. The van der Waals surface area contributed by atoms with Crippen LogP contribution in [0.5, 0.6) is 0 Å². The molecule has 0 spiro atoms. The number of benzene rings is 3. The molecule has 2 amide bonds. The Labute approximate surface area is 212 Å². The third-order valence-corrected chi connectivity index (χ3v) is 8.88. The van der Waals surface area contributed by atoms with E-state index in [0.717, 1.165) is 4.90 Å². The lowest BCUT2D eigenvalue weighted by molar-refractivity contribution is 0.0654. The standard InChI is InChI=1S/C28H29N3O4S/c32-27-24-14-7-8-15-25(24)28(33)31(27)16-9-21-36(34,35)30-19-17-29(18-20-30)26(22-10-3-1-4-11-22)23-12-5-2-6-13-23/h1-8,10-15,26H,9,16-21H2. The zero-order valence-corrected chi connectivity index (χ0v) is 20.8. The number of fused-ring (bicyclic) bond motifs is 1. The Hall–Kier alpha value is -3.33. The predicted octanol–water partition coefficient (Wildman–Crippen LogP) is 3.41. The van der Waals surface area contributed by atoms with Crippen LogP contribution in [0.15, 0.2) is 84.9 Å². The third kappa shape index (κ3) is 4.84. The largest absolute Gasteiger partial charge is 0.290 e. The Morgan fingerprint density at radius 2 is 1.14 bits per heavy atom. The van der Waals surface area contributed by atoms with E-state index in [0.29, 0.717) is 37.3 Å². The molecule has 3 aromatic rings. The van der Waals surface area contributed by atoms with Crippen LogP contribution >= 0.6 is 0 Å². The van der Waals surface area contributed by atoms with Crippen molar-refractivity contribution in [2.24, 2.45) is 0 Å². The number of hydrogen-bond acceptors (Lipinski definition) is 5. The van der Waals surface area contributed by atoms with Gasteiger partial charge in [-0.2, -0.15) is 4.31 Å². The van der Waals surface area contributed by atoms with E-state index in [1.54, 1.807) is 28.6 Å². The van der Waals surface area contributed by atoms with Crippen LogP contribution in [0.4, 0.5) is 0 Å². The quantitative estimate of drug-likeness (QED) is 0.441. The van der Waals surface area contributed by atoms with Crippen molar-refractivity contribution in [2.45, 2.75) is 12.5 Å². The van der Waals surface area contributed by atoms with Gasteiger partial charge >= 0.3 is 0 Å². The molecule has 36 heavy (non-hydrogen) atoms. The van der Waals surface area contributed by atoms with E-state index in [9.17, 15) is 18.0 Å². The van der Waals surface area contributed by atoms with Gasteiger partial charge in [0, 0.05) is 32.7 Å². The summed E-state index contributed by atoms with van der Waals surface area (Å²) in [6, 6.07) is 27.3. The van der Waals surface area contributed by atoms with E-state index in [-0.39, 0.29) is 36.6 Å². The Morgan fingerprint density at radius 1 is 0.667 bits per heavy atom. The second-order valence-corrected chi connectivity index (χ2v) is 11.2. The molecule has 7 nitrogen and oxygen atoms in total. The maximum Gasteiger partial charge on any atom is 0.261 e. The molecule has 2 aliphatic rings. The first-order valence-electron chi connectivity index (χ1n) is 12.2. The summed E-state index contributed by atoms with van der Waals surface area (Å²) in [4.78, 5) is 28.6. The number of piperazine rings is 1. The molecule has 2 aliphatic heterocycles. The molecule has 5 rings (SSSR count). The third-order valence-electron chi connectivity index (χ3n) is 6.92. The van der Waals surface area contributed by atoms with Crippen LogP contribution in [0.3, 0.4) is 0 Å². The van der Waals surface area contributed by atoms with E-state index in [2.05, 4.69) is 29.2 Å². The first-order chi connectivity index (χ1) is 17.5. The number of hydrogen-bond donors (Lipinski definition) is 0. The van der Waals surface area contributed by atoms with Crippen molar-refractivity contribution in [3.63, 3.8) is 0 Å². The maximum absolute atomic E-state index is 13.1. The van der Waals surface area contributed by atoms with Crippen molar-refractivity contribution in [1.29, 1.82) is 0 Å². The predicted molar refractivity (Wildman–Crippen MR) is 138 cm³/mol. The number of sulfonamides is 1. The van der Waals surface area contributed by atoms with Crippen molar-refractivity contribution in [3.8, 4) is 0 Å². The topological polar surface area (TPSA) is 78.0 Å². The van der Waals surface area contributed by atoms with Crippen molar-refractivity contribution in [1.82, 2.24) is 14.1 Å². The van der Waals surface area contributed by atoms with Gasteiger partial charge in [0.2, 0.25) is 10.0 Å². The average Bonchev–Trinajstić information content (AvgIpc) is 3.15. The number of carbonyl (C=O) groups is 2. The normalized spacial score (nSPS) is 17.1. The fraction of sp³-hybridized carbons (Fsp3) is 0.286. The zero-order chi connectivity index (χ0) is 25.1. The summed E-state index contributed by atoms with van der Waals surface area (Å²) >= 11 is 0. The number of imide groups is 1. The van der Waals surface area contributed by atoms with Gasteiger partial charge in [0.05, 0.1) is 22.9 Å². The molecular formula is C28H29N3O4S. The molecule has 1 fully saturated rings. The van der Waals surface area contributed by atoms with Crippen LogP contribution in [0.1, 0.15) is 44.3 Å². The van der Waals surface area contributed by atoms with Gasteiger partial charge < -0.3 is 0 Å². The molecule has 0 radical (unpaired) electrons. The highest BCUT2D eigenvalue weighted by molar-refractivity contribution is 7.89. The van der Waals surface area contributed by atoms with Gasteiger partial charge in [-0.25, -0.2) is 8.42 Å². The Balaban J connectivity index is 1.20. The molecule has 8 heteroatoms. The minimum absolute atomic E-state index is 0.0612. The lowest BCUT2D eigenvalue weighted by Crippen LogP contribution is -2.50. The number of carbonyl (C=O) groups excluding carboxylic acids is 2. The fourth-order valence-corrected chi connectivity index (χ4v) is 6.57. The number of amides is 2. The van der Waals surface area contributed by atoms with Crippen molar-refractivity contribution < 1.29 is 18.0 Å². The molecule has 0 atom stereocenters. The van der Waals surface area contributed by atoms with Crippen LogP contribution in [0, 0.1) is 0 Å². The molecule has 0 saturated carbocycles. The van der Waals surface area contributed by atoms with Crippen LogP contribution < -0.4 is 0 Å². The van der Waals surface area contributed by atoms with Gasteiger partial charge in [-0.3, -0.25) is 19.4 Å². The van der Waals surface area contributed by atoms with E-state index in [1.807, 2.05) is 36.4 Å². The molecule has 0 aromatic heterocycles. The fourth-order valence-electron chi connectivity index (χ4n) is 5.10. The van der Waals surface area contributed by atoms with Gasteiger partial charge in [-0.05, 0) is 29.7 Å². The minimum atomic E-state index is -3.50. The maximum atomic E-state index is 13.1. The molecule has 0 N–H and O–H groups in total. The van der Waals surface area contributed by atoms with Gasteiger partial charge in [-0.15, -0.1) is 0 Å². The van der Waals surface area contributed by atoms with E-state index in [1.165, 1.54) is 11.1 Å².